The topological polar surface area (TPSA) is 93.7 Å². The molecular formula is C20H18N2O5. The molecule has 7 heteroatoms. The summed E-state index contributed by atoms with van der Waals surface area (Å²) in [4.78, 5) is 35.6. The van der Waals surface area contributed by atoms with Gasteiger partial charge in [-0.05, 0) is 35.4 Å². The predicted molar refractivity (Wildman–Crippen MR) is 99.3 cm³/mol. The summed E-state index contributed by atoms with van der Waals surface area (Å²) in [6, 6.07) is 12.0. The number of rotatable bonds is 5. The maximum absolute atomic E-state index is 12.3. The molecule has 27 heavy (non-hydrogen) atoms. The van der Waals surface area contributed by atoms with E-state index in [1.54, 1.807) is 48.5 Å². The van der Waals surface area contributed by atoms with Crippen LogP contribution in [0.2, 0.25) is 0 Å². The number of benzene rings is 2. The normalized spacial score (nSPS) is 14.4. The first kappa shape index (κ1) is 18.2. The van der Waals surface area contributed by atoms with Crippen LogP contribution in [-0.2, 0) is 9.59 Å². The summed E-state index contributed by atoms with van der Waals surface area (Å²) >= 11 is 0. The molecule has 2 aromatic carbocycles. The Morgan fingerprint density at radius 3 is 2.52 bits per heavy atom. The van der Waals surface area contributed by atoms with Gasteiger partial charge in [0, 0.05) is 18.2 Å². The van der Waals surface area contributed by atoms with E-state index in [1.165, 1.54) is 14.2 Å². The van der Waals surface area contributed by atoms with Crippen molar-refractivity contribution in [3.63, 3.8) is 0 Å². The van der Waals surface area contributed by atoms with Crippen molar-refractivity contribution in [2.45, 2.75) is 0 Å². The molecule has 1 aliphatic rings. The Hall–Kier alpha value is -3.61. The number of imide groups is 1. The number of methoxy groups -OCH3 is 1. The molecule has 0 saturated carbocycles. The molecule has 7 nitrogen and oxygen atoms in total. The molecule has 0 aromatic heterocycles. The van der Waals surface area contributed by atoms with Crippen LogP contribution in [0.4, 0.5) is 0 Å². The molecule has 1 aliphatic heterocycles. The Morgan fingerprint density at radius 2 is 1.81 bits per heavy atom. The first-order valence-electron chi connectivity index (χ1n) is 8.21. The van der Waals surface area contributed by atoms with E-state index in [4.69, 9.17) is 9.47 Å². The van der Waals surface area contributed by atoms with Crippen LogP contribution >= 0.6 is 0 Å². The van der Waals surface area contributed by atoms with Gasteiger partial charge in [-0.15, -0.1) is 0 Å². The van der Waals surface area contributed by atoms with Crippen molar-refractivity contribution in [1.29, 1.82) is 0 Å². The number of fused-ring (bicyclic) bond motifs is 1. The summed E-state index contributed by atoms with van der Waals surface area (Å²) in [5, 5.41) is 4.81. The second-order valence-electron chi connectivity index (χ2n) is 5.76. The Labute approximate surface area is 156 Å². The van der Waals surface area contributed by atoms with Crippen LogP contribution in [0.3, 0.4) is 0 Å². The Kier molecular flexibility index (Phi) is 5.21. The number of carbonyl (C=O) groups excluding carboxylic acids is 3. The van der Waals surface area contributed by atoms with Crippen molar-refractivity contribution in [2.75, 3.05) is 20.8 Å². The minimum atomic E-state index is -0.461. The molecule has 0 fully saturated rings. The van der Waals surface area contributed by atoms with Crippen molar-refractivity contribution in [2.24, 2.45) is 0 Å². The van der Waals surface area contributed by atoms with Crippen molar-refractivity contribution in [3.05, 3.63) is 59.2 Å². The van der Waals surface area contributed by atoms with E-state index in [1.807, 2.05) is 0 Å². The second kappa shape index (κ2) is 7.74. The average Bonchev–Trinajstić information content (AvgIpc) is 2.69. The minimum absolute atomic E-state index is 0.134. The summed E-state index contributed by atoms with van der Waals surface area (Å²) < 4.78 is 10.7. The molecular weight excluding hydrogens is 348 g/mol. The number of likely N-dealkylation sites (N-methyl/N-ethyl adjacent to an activating group) is 1. The highest BCUT2D eigenvalue weighted by Gasteiger charge is 2.26. The van der Waals surface area contributed by atoms with Crippen LogP contribution in [0.5, 0.6) is 11.5 Å². The minimum Gasteiger partial charge on any atom is -0.493 e. The standard InChI is InChI=1S/C20H18N2O5/c1-21-18(23)11-27-16-8-7-12(10-17(16)26-2)9-15-13-5-3-4-6-14(13)19(24)22-20(15)25/h3-10H,11H2,1-2H3,(H,21,23)(H,22,24,25)/b15-9+. The summed E-state index contributed by atoms with van der Waals surface area (Å²) in [6.45, 7) is -0.134. The first-order valence-corrected chi connectivity index (χ1v) is 8.21. The zero-order chi connectivity index (χ0) is 19.4. The van der Waals surface area contributed by atoms with Gasteiger partial charge in [-0.25, -0.2) is 0 Å². The quantitative estimate of drug-likeness (QED) is 0.620. The molecule has 3 amide bonds. The first-order chi connectivity index (χ1) is 13.0. The van der Waals surface area contributed by atoms with Crippen LogP contribution in [-0.4, -0.2) is 38.5 Å². The Balaban J connectivity index is 1.95. The molecule has 0 radical (unpaired) electrons. The number of nitrogens with one attached hydrogen (secondary N) is 2. The third-order valence-electron chi connectivity index (χ3n) is 4.07. The van der Waals surface area contributed by atoms with Crippen LogP contribution in [0.15, 0.2) is 42.5 Å². The molecule has 0 saturated heterocycles. The fourth-order valence-corrected chi connectivity index (χ4v) is 2.69. The molecule has 138 valence electrons. The van der Waals surface area contributed by atoms with Crippen molar-refractivity contribution in [3.8, 4) is 11.5 Å². The Morgan fingerprint density at radius 1 is 1.07 bits per heavy atom. The van der Waals surface area contributed by atoms with Gasteiger partial charge in [-0.3, -0.25) is 19.7 Å². The fourth-order valence-electron chi connectivity index (χ4n) is 2.69. The lowest BCUT2D eigenvalue weighted by Gasteiger charge is -2.18. The van der Waals surface area contributed by atoms with Crippen molar-refractivity contribution >= 4 is 29.4 Å². The van der Waals surface area contributed by atoms with Gasteiger partial charge in [0.1, 0.15) is 0 Å². The molecule has 0 bridgehead atoms. The second-order valence-corrected chi connectivity index (χ2v) is 5.76. The van der Waals surface area contributed by atoms with Crippen LogP contribution in [0.1, 0.15) is 21.5 Å². The third-order valence-corrected chi connectivity index (χ3v) is 4.07. The molecule has 1 heterocycles. The maximum Gasteiger partial charge on any atom is 0.258 e. The molecule has 0 unspecified atom stereocenters. The molecule has 3 rings (SSSR count). The highest BCUT2D eigenvalue weighted by atomic mass is 16.5. The van der Waals surface area contributed by atoms with Gasteiger partial charge >= 0.3 is 0 Å². The van der Waals surface area contributed by atoms with E-state index >= 15 is 0 Å². The lowest BCUT2D eigenvalue weighted by atomic mass is 9.93. The zero-order valence-electron chi connectivity index (χ0n) is 14.9. The highest BCUT2D eigenvalue weighted by molar-refractivity contribution is 6.33. The van der Waals surface area contributed by atoms with Gasteiger partial charge in [0.2, 0.25) is 0 Å². The highest BCUT2D eigenvalue weighted by Crippen LogP contribution is 2.31. The summed E-state index contributed by atoms with van der Waals surface area (Å²) in [5.41, 5.74) is 2.09. The van der Waals surface area contributed by atoms with E-state index in [-0.39, 0.29) is 12.5 Å². The monoisotopic (exact) mass is 366 g/mol. The van der Waals surface area contributed by atoms with E-state index < -0.39 is 11.8 Å². The van der Waals surface area contributed by atoms with E-state index in [0.717, 1.165) is 0 Å². The van der Waals surface area contributed by atoms with Gasteiger partial charge in [0.15, 0.2) is 18.1 Å². The SMILES string of the molecule is CNC(=O)COc1ccc(/C=C2/C(=O)NC(=O)c3ccccc32)cc1OC. The van der Waals surface area contributed by atoms with Crippen molar-refractivity contribution < 1.29 is 23.9 Å². The lowest BCUT2D eigenvalue weighted by Crippen LogP contribution is -2.36. The molecule has 2 aromatic rings. The van der Waals surface area contributed by atoms with Gasteiger partial charge in [-0.2, -0.15) is 0 Å². The summed E-state index contributed by atoms with van der Waals surface area (Å²) in [7, 11) is 3.01. The smallest absolute Gasteiger partial charge is 0.258 e. The Bertz CT molecular complexity index is 949. The number of carbonyl (C=O) groups is 3. The summed E-state index contributed by atoms with van der Waals surface area (Å²) in [6.07, 6.45) is 1.67. The van der Waals surface area contributed by atoms with E-state index in [2.05, 4.69) is 10.6 Å². The van der Waals surface area contributed by atoms with E-state index in [0.29, 0.717) is 33.8 Å². The predicted octanol–water partition coefficient (Wildman–Crippen LogP) is 1.63. The van der Waals surface area contributed by atoms with Gasteiger partial charge < -0.3 is 14.8 Å². The lowest BCUT2D eigenvalue weighted by molar-refractivity contribution is -0.122. The largest absolute Gasteiger partial charge is 0.493 e. The maximum atomic E-state index is 12.3. The van der Waals surface area contributed by atoms with Crippen molar-refractivity contribution in [1.82, 2.24) is 10.6 Å². The molecule has 2 N–H and O–H groups in total. The van der Waals surface area contributed by atoms with E-state index in [9.17, 15) is 14.4 Å². The number of hydrogen-bond donors (Lipinski definition) is 2. The molecule has 0 spiro atoms. The van der Waals surface area contributed by atoms with Gasteiger partial charge in [0.25, 0.3) is 17.7 Å². The fraction of sp³-hybridized carbons (Fsp3) is 0.150. The third kappa shape index (κ3) is 3.82. The van der Waals surface area contributed by atoms with Gasteiger partial charge in [0.05, 0.1) is 7.11 Å². The average molecular weight is 366 g/mol. The number of hydrogen-bond acceptors (Lipinski definition) is 5. The van der Waals surface area contributed by atoms with Crippen LogP contribution < -0.4 is 20.1 Å². The van der Waals surface area contributed by atoms with Crippen LogP contribution in [0, 0.1) is 0 Å². The molecule has 0 aliphatic carbocycles. The number of ether oxygens (including phenoxy) is 2. The summed E-state index contributed by atoms with van der Waals surface area (Å²) in [5.74, 6) is -0.301. The van der Waals surface area contributed by atoms with Crippen LogP contribution in [0.25, 0.3) is 11.6 Å². The zero-order valence-corrected chi connectivity index (χ0v) is 14.9. The van der Waals surface area contributed by atoms with Gasteiger partial charge in [-0.1, -0.05) is 24.3 Å². The molecule has 0 atom stereocenters. The number of amides is 3.